The number of nitrogens with zero attached hydrogens (tertiary/aromatic N) is 1. The zero-order valence-corrected chi connectivity index (χ0v) is 13.5. The first-order valence-corrected chi connectivity index (χ1v) is 8.19. The molecule has 1 aromatic heterocycles. The minimum atomic E-state index is -0.858. The number of likely N-dealkylation sites (tertiary alicyclic amines) is 1. The van der Waals surface area contributed by atoms with Crippen molar-refractivity contribution in [3.63, 3.8) is 0 Å². The highest BCUT2D eigenvalue weighted by Gasteiger charge is 2.31. The molecule has 0 bridgehead atoms. The molecule has 1 atom stereocenters. The second-order valence-corrected chi connectivity index (χ2v) is 6.28. The summed E-state index contributed by atoms with van der Waals surface area (Å²) in [7, 11) is 0. The summed E-state index contributed by atoms with van der Waals surface area (Å²) >= 11 is 0. The molecule has 0 aliphatic carbocycles. The molecule has 1 N–H and O–H groups in total. The monoisotopic (exact) mass is 333 g/mol. The number of fused-ring (bicyclic) bond motifs is 1. The fourth-order valence-electron chi connectivity index (χ4n) is 3.39. The molecule has 1 fully saturated rings. The van der Waals surface area contributed by atoms with E-state index in [-0.39, 0.29) is 29.9 Å². The lowest BCUT2D eigenvalue weighted by Crippen LogP contribution is -2.44. The SMILES string of the molecule is Cc1c(C(=O)N2CCCCC2CCC(=O)O)oc2ccc(F)cc12. The molecule has 2 aromatic rings. The van der Waals surface area contributed by atoms with Crippen LogP contribution in [0.25, 0.3) is 11.0 Å². The molecule has 0 saturated carbocycles. The van der Waals surface area contributed by atoms with Gasteiger partial charge in [-0.15, -0.1) is 0 Å². The van der Waals surface area contributed by atoms with Crippen molar-refractivity contribution in [1.82, 2.24) is 4.90 Å². The Hall–Kier alpha value is -2.37. The van der Waals surface area contributed by atoms with Crippen molar-refractivity contribution in [2.45, 2.75) is 45.1 Å². The molecule has 1 aliphatic rings. The number of halogens is 1. The van der Waals surface area contributed by atoms with Crippen molar-refractivity contribution in [2.75, 3.05) is 6.54 Å². The van der Waals surface area contributed by atoms with Crippen LogP contribution in [0.15, 0.2) is 22.6 Å². The van der Waals surface area contributed by atoms with Crippen LogP contribution in [-0.2, 0) is 4.79 Å². The van der Waals surface area contributed by atoms with E-state index in [4.69, 9.17) is 9.52 Å². The van der Waals surface area contributed by atoms with Crippen LogP contribution in [0.3, 0.4) is 0 Å². The zero-order valence-electron chi connectivity index (χ0n) is 13.5. The van der Waals surface area contributed by atoms with Gasteiger partial charge in [0.25, 0.3) is 5.91 Å². The van der Waals surface area contributed by atoms with E-state index < -0.39 is 5.97 Å². The number of amides is 1. The van der Waals surface area contributed by atoms with E-state index in [1.807, 2.05) is 0 Å². The Labute approximate surface area is 139 Å². The van der Waals surface area contributed by atoms with Crippen molar-refractivity contribution in [3.8, 4) is 0 Å². The number of carboxylic acid groups (broad SMARTS) is 1. The maximum absolute atomic E-state index is 13.4. The lowest BCUT2D eigenvalue weighted by molar-refractivity contribution is -0.137. The van der Waals surface area contributed by atoms with Crippen molar-refractivity contribution >= 4 is 22.8 Å². The van der Waals surface area contributed by atoms with E-state index in [0.29, 0.717) is 29.5 Å². The van der Waals surface area contributed by atoms with Crippen LogP contribution in [0.4, 0.5) is 4.39 Å². The van der Waals surface area contributed by atoms with E-state index in [0.717, 1.165) is 19.3 Å². The van der Waals surface area contributed by atoms with E-state index >= 15 is 0 Å². The van der Waals surface area contributed by atoms with Crippen LogP contribution in [0.5, 0.6) is 0 Å². The second-order valence-electron chi connectivity index (χ2n) is 6.28. The summed E-state index contributed by atoms with van der Waals surface area (Å²) in [5.41, 5.74) is 1.11. The van der Waals surface area contributed by atoms with Gasteiger partial charge in [-0.05, 0) is 50.8 Å². The lowest BCUT2D eigenvalue weighted by atomic mass is 9.97. The fraction of sp³-hybridized carbons (Fsp3) is 0.444. The molecule has 0 spiro atoms. The Balaban J connectivity index is 1.89. The van der Waals surface area contributed by atoms with Gasteiger partial charge in [0, 0.05) is 30.0 Å². The number of hydrogen-bond donors (Lipinski definition) is 1. The molecule has 1 amide bonds. The largest absolute Gasteiger partial charge is 0.481 e. The Morgan fingerprint density at radius 1 is 1.38 bits per heavy atom. The quantitative estimate of drug-likeness (QED) is 0.925. The number of benzene rings is 1. The van der Waals surface area contributed by atoms with Gasteiger partial charge in [-0.1, -0.05) is 0 Å². The molecule has 1 aromatic carbocycles. The van der Waals surface area contributed by atoms with Gasteiger partial charge in [0.15, 0.2) is 5.76 Å². The summed E-state index contributed by atoms with van der Waals surface area (Å²) in [5, 5.41) is 9.49. The number of piperidine rings is 1. The van der Waals surface area contributed by atoms with Crippen LogP contribution in [0.1, 0.15) is 48.2 Å². The molecule has 1 unspecified atom stereocenters. The smallest absolute Gasteiger partial charge is 0.303 e. The molecule has 1 saturated heterocycles. The van der Waals surface area contributed by atoms with Gasteiger partial charge in [0.05, 0.1) is 0 Å². The van der Waals surface area contributed by atoms with Crippen LogP contribution < -0.4 is 0 Å². The molecule has 3 rings (SSSR count). The molecular weight excluding hydrogens is 313 g/mol. The Kier molecular flexibility index (Phi) is 4.55. The Bertz CT molecular complexity index is 783. The number of furan rings is 1. The second kappa shape index (κ2) is 6.63. The normalized spacial score (nSPS) is 18.1. The summed E-state index contributed by atoms with van der Waals surface area (Å²) in [6, 6.07) is 4.10. The van der Waals surface area contributed by atoms with Crippen molar-refractivity contribution in [3.05, 3.63) is 35.3 Å². The van der Waals surface area contributed by atoms with Gasteiger partial charge in [-0.2, -0.15) is 0 Å². The number of carbonyl (C=O) groups is 2. The van der Waals surface area contributed by atoms with Crippen molar-refractivity contribution in [1.29, 1.82) is 0 Å². The van der Waals surface area contributed by atoms with Gasteiger partial charge >= 0.3 is 5.97 Å². The number of hydrogen-bond acceptors (Lipinski definition) is 3. The minimum absolute atomic E-state index is 0.0404. The van der Waals surface area contributed by atoms with E-state index in [1.165, 1.54) is 18.2 Å². The van der Waals surface area contributed by atoms with Crippen LogP contribution in [0.2, 0.25) is 0 Å². The van der Waals surface area contributed by atoms with Crippen molar-refractivity contribution in [2.24, 2.45) is 0 Å². The number of aryl methyl sites for hydroxylation is 1. The first-order chi connectivity index (χ1) is 11.5. The predicted molar refractivity (Wildman–Crippen MR) is 86.5 cm³/mol. The van der Waals surface area contributed by atoms with Gasteiger partial charge in [0.2, 0.25) is 0 Å². The minimum Gasteiger partial charge on any atom is -0.481 e. The lowest BCUT2D eigenvalue weighted by Gasteiger charge is -2.35. The van der Waals surface area contributed by atoms with Crippen LogP contribution in [0, 0.1) is 12.7 Å². The van der Waals surface area contributed by atoms with Gasteiger partial charge in [-0.3, -0.25) is 9.59 Å². The third-order valence-corrected chi connectivity index (χ3v) is 4.67. The number of carboxylic acids is 1. The summed E-state index contributed by atoms with van der Waals surface area (Å²) in [6.07, 6.45) is 3.16. The molecule has 24 heavy (non-hydrogen) atoms. The maximum atomic E-state index is 13.4. The zero-order chi connectivity index (χ0) is 17.3. The predicted octanol–water partition coefficient (Wildman–Crippen LogP) is 3.74. The topological polar surface area (TPSA) is 70.8 Å². The molecule has 6 heteroatoms. The molecule has 1 aliphatic heterocycles. The first-order valence-electron chi connectivity index (χ1n) is 8.19. The fourth-order valence-corrected chi connectivity index (χ4v) is 3.39. The van der Waals surface area contributed by atoms with Gasteiger partial charge < -0.3 is 14.4 Å². The van der Waals surface area contributed by atoms with E-state index in [1.54, 1.807) is 11.8 Å². The standard InChI is InChI=1S/C18H20FNO4/c1-11-14-10-12(19)5-7-15(14)24-17(11)18(23)20-9-3-2-4-13(20)6-8-16(21)22/h5,7,10,13H,2-4,6,8-9H2,1H3,(H,21,22). The number of carbonyl (C=O) groups excluding carboxylic acids is 1. The molecule has 5 nitrogen and oxygen atoms in total. The Morgan fingerprint density at radius 3 is 2.92 bits per heavy atom. The molecular formula is C18H20FNO4. The van der Waals surface area contributed by atoms with Gasteiger partial charge in [-0.25, -0.2) is 4.39 Å². The summed E-state index contributed by atoms with van der Waals surface area (Å²) < 4.78 is 19.1. The molecule has 128 valence electrons. The third-order valence-electron chi connectivity index (χ3n) is 4.67. The summed E-state index contributed by atoms with van der Waals surface area (Å²) in [4.78, 5) is 25.5. The highest BCUT2D eigenvalue weighted by atomic mass is 19.1. The third kappa shape index (κ3) is 3.13. The van der Waals surface area contributed by atoms with E-state index in [9.17, 15) is 14.0 Å². The Morgan fingerprint density at radius 2 is 2.17 bits per heavy atom. The molecule has 0 radical (unpaired) electrons. The number of aliphatic carboxylic acids is 1. The average molecular weight is 333 g/mol. The van der Waals surface area contributed by atoms with Gasteiger partial charge in [0.1, 0.15) is 11.4 Å². The highest BCUT2D eigenvalue weighted by Crippen LogP contribution is 2.29. The van der Waals surface area contributed by atoms with Crippen molar-refractivity contribution < 1.29 is 23.5 Å². The van der Waals surface area contributed by atoms with E-state index in [2.05, 4.69) is 0 Å². The van der Waals surface area contributed by atoms with Crippen LogP contribution in [-0.4, -0.2) is 34.5 Å². The number of rotatable bonds is 4. The summed E-state index contributed by atoms with van der Waals surface area (Å²) in [6.45, 7) is 2.34. The average Bonchev–Trinajstić information content (AvgIpc) is 2.89. The maximum Gasteiger partial charge on any atom is 0.303 e. The first kappa shape index (κ1) is 16.5. The highest BCUT2D eigenvalue weighted by molar-refractivity contribution is 5.99. The summed E-state index contributed by atoms with van der Waals surface area (Å²) in [5.74, 6) is -1.25. The molecule has 2 heterocycles. The van der Waals surface area contributed by atoms with Crippen LogP contribution >= 0.6 is 0 Å².